The van der Waals surface area contributed by atoms with Crippen LogP contribution in [0, 0.1) is 11.8 Å². The lowest BCUT2D eigenvalue weighted by Crippen LogP contribution is -2.53. The van der Waals surface area contributed by atoms with E-state index in [2.05, 4.69) is 12.2 Å². The Bertz CT molecular complexity index is 1030. The first-order valence-electron chi connectivity index (χ1n) is 12.2. The van der Waals surface area contributed by atoms with Crippen molar-refractivity contribution >= 4 is 17.7 Å². The standard InChI is InChI=1S/C27H32N2O5/c1-17-25(28-27(31)33-15-19-6-4-3-5-7-19)23-14-21(34-22-12-13-32-16-22)10-11-24(23)29(18(2)30)26(17)20-8-9-20/h3-7,10-11,14,17,20,22,25-26H,8-9,12-13,15-16H2,1-2H3,(H,28,31)/t17-,22-,25-,26-/m1/s1. The zero-order valence-corrected chi connectivity index (χ0v) is 19.7. The molecule has 0 bridgehead atoms. The maximum atomic E-state index is 12.8. The SMILES string of the molecule is CC(=O)N1c2ccc(O[C@@H]3CCOC3)cc2[C@H](NC(=O)OCc2ccccc2)[C@@H](C)[C@@H]1C1CC1. The van der Waals surface area contributed by atoms with Crippen LogP contribution in [-0.2, 0) is 20.9 Å². The van der Waals surface area contributed by atoms with Crippen LogP contribution in [-0.4, -0.2) is 37.4 Å². The van der Waals surface area contributed by atoms with E-state index in [4.69, 9.17) is 14.2 Å². The highest BCUT2D eigenvalue weighted by Crippen LogP contribution is 2.49. The molecule has 4 atom stereocenters. The van der Waals surface area contributed by atoms with Crippen molar-refractivity contribution in [2.75, 3.05) is 18.1 Å². The van der Waals surface area contributed by atoms with Crippen molar-refractivity contribution in [3.05, 3.63) is 59.7 Å². The molecule has 1 aliphatic carbocycles. The zero-order chi connectivity index (χ0) is 23.7. The molecule has 2 aliphatic heterocycles. The van der Waals surface area contributed by atoms with Gasteiger partial charge in [-0.15, -0.1) is 0 Å². The minimum absolute atomic E-state index is 0.0180. The maximum Gasteiger partial charge on any atom is 0.407 e. The first-order valence-corrected chi connectivity index (χ1v) is 12.2. The average Bonchev–Trinajstić information content (AvgIpc) is 3.55. The molecule has 3 aliphatic rings. The van der Waals surface area contributed by atoms with E-state index in [1.165, 1.54) is 0 Å². The summed E-state index contributed by atoms with van der Waals surface area (Å²) < 4.78 is 17.1. The van der Waals surface area contributed by atoms with Gasteiger partial charge in [-0.3, -0.25) is 4.79 Å². The number of benzene rings is 2. The van der Waals surface area contributed by atoms with Crippen LogP contribution in [0.25, 0.3) is 0 Å². The number of nitrogens with one attached hydrogen (secondary N) is 1. The number of fused-ring (bicyclic) bond motifs is 1. The van der Waals surface area contributed by atoms with E-state index in [1.807, 2.05) is 53.4 Å². The number of amides is 2. The van der Waals surface area contributed by atoms with Gasteiger partial charge in [0, 0.05) is 36.6 Å². The Morgan fingerprint density at radius 2 is 1.91 bits per heavy atom. The van der Waals surface area contributed by atoms with Gasteiger partial charge in [-0.25, -0.2) is 4.79 Å². The molecule has 2 heterocycles. The van der Waals surface area contributed by atoms with Crippen molar-refractivity contribution < 1.29 is 23.8 Å². The monoisotopic (exact) mass is 464 g/mol. The Hall–Kier alpha value is -3.06. The van der Waals surface area contributed by atoms with E-state index in [9.17, 15) is 9.59 Å². The molecule has 2 fully saturated rings. The molecule has 1 N–H and O–H groups in total. The van der Waals surface area contributed by atoms with E-state index in [0.29, 0.717) is 19.1 Å². The number of nitrogens with zero attached hydrogens (tertiary/aromatic N) is 1. The quantitative estimate of drug-likeness (QED) is 0.676. The van der Waals surface area contributed by atoms with Gasteiger partial charge in [0.1, 0.15) is 18.5 Å². The molecule has 0 spiro atoms. The third-order valence-corrected chi connectivity index (χ3v) is 7.08. The van der Waals surface area contributed by atoms with Gasteiger partial charge in [-0.1, -0.05) is 37.3 Å². The van der Waals surface area contributed by atoms with Crippen molar-refractivity contribution in [2.45, 2.75) is 57.9 Å². The van der Waals surface area contributed by atoms with E-state index >= 15 is 0 Å². The Morgan fingerprint density at radius 3 is 2.59 bits per heavy atom. The fourth-order valence-electron chi connectivity index (χ4n) is 5.31. The molecular formula is C27H32N2O5. The number of hydrogen-bond acceptors (Lipinski definition) is 5. The summed E-state index contributed by atoms with van der Waals surface area (Å²) in [5, 5.41) is 3.11. The van der Waals surface area contributed by atoms with Crippen molar-refractivity contribution in [3.8, 4) is 5.75 Å². The van der Waals surface area contributed by atoms with Gasteiger partial charge in [0.2, 0.25) is 5.91 Å². The number of carbonyl (C=O) groups is 2. The molecule has 0 unspecified atom stereocenters. The van der Waals surface area contributed by atoms with Crippen molar-refractivity contribution in [1.82, 2.24) is 5.32 Å². The van der Waals surface area contributed by atoms with Crippen molar-refractivity contribution in [2.24, 2.45) is 11.8 Å². The van der Waals surface area contributed by atoms with Crippen LogP contribution in [0.15, 0.2) is 48.5 Å². The summed E-state index contributed by atoms with van der Waals surface area (Å²) in [4.78, 5) is 27.5. The zero-order valence-electron chi connectivity index (χ0n) is 19.7. The summed E-state index contributed by atoms with van der Waals surface area (Å²) in [5.41, 5.74) is 2.65. The third kappa shape index (κ3) is 4.75. The van der Waals surface area contributed by atoms with Gasteiger partial charge in [-0.05, 0) is 42.5 Å². The van der Waals surface area contributed by atoms with E-state index < -0.39 is 6.09 Å². The number of hydrogen-bond donors (Lipinski definition) is 1. The summed E-state index contributed by atoms with van der Waals surface area (Å²) in [6.45, 7) is 5.21. The second-order valence-corrected chi connectivity index (χ2v) is 9.58. The van der Waals surface area contributed by atoms with E-state index in [1.54, 1.807) is 6.92 Å². The van der Waals surface area contributed by atoms with Crippen LogP contribution in [0.5, 0.6) is 5.75 Å². The van der Waals surface area contributed by atoms with Crippen LogP contribution in [0.1, 0.15) is 50.3 Å². The van der Waals surface area contributed by atoms with Crippen LogP contribution in [0.2, 0.25) is 0 Å². The van der Waals surface area contributed by atoms with Gasteiger partial charge in [0.25, 0.3) is 0 Å². The van der Waals surface area contributed by atoms with Gasteiger partial charge >= 0.3 is 6.09 Å². The highest BCUT2D eigenvalue weighted by molar-refractivity contribution is 5.94. The molecular weight excluding hydrogens is 432 g/mol. The van der Waals surface area contributed by atoms with E-state index in [-0.39, 0.29) is 36.6 Å². The van der Waals surface area contributed by atoms with Gasteiger partial charge < -0.3 is 24.4 Å². The second kappa shape index (κ2) is 9.66. The lowest BCUT2D eigenvalue weighted by Gasteiger charge is -2.45. The second-order valence-electron chi connectivity index (χ2n) is 9.58. The predicted octanol–water partition coefficient (Wildman–Crippen LogP) is 4.60. The number of alkyl carbamates (subject to hydrolysis) is 1. The van der Waals surface area contributed by atoms with Crippen molar-refractivity contribution in [3.63, 3.8) is 0 Å². The topological polar surface area (TPSA) is 77.1 Å². The minimum Gasteiger partial charge on any atom is -0.488 e. The fourth-order valence-corrected chi connectivity index (χ4v) is 5.31. The first-order chi connectivity index (χ1) is 16.5. The van der Waals surface area contributed by atoms with Crippen LogP contribution in [0.4, 0.5) is 10.5 Å². The molecule has 1 saturated carbocycles. The third-order valence-electron chi connectivity index (χ3n) is 7.08. The summed E-state index contributed by atoms with van der Waals surface area (Å²) in [7, 11) is 0. The summed E-state index contributed by atoms with van der Waals surface area (Å²) in [5.74, 6) is 1.22. The average molecular weight is 465 g/mol. The molecule has 7 heteroatoms. The highest BCUT2D eigenvalue weighted by Gasteiger charge is 2.48. The summed E-state index contributed by atoms with van der Waals surface area (Å²) in [6, 6.07) is 15.2. The fraction of sp³-hybridized carbons (Fsp3) is 0.481. The summed E-state index contributed by atoms with van der Waals surface area (Å²) >= 11 is 0. The van der Waals surface area contributed by atoms with Crippen LogP contribution in [0.3, 0.4) is 0 Å². The van der Waals surface area contributed by atoms with Crippen LogP contribution >= 0.6 is 0 Å². The predicted molar refractivity (Wildman–Crippen MR) is 128 cm³/mol. The first kappa shape index (κ1) is 22.7. The minimum atomic E-state index is -0.465. The molecule has 0 radical (unpaired) electrons. The lowest BCUT2D eigenvalue weighted by molar-refractivity contribution is -0.117. The van der Waals surface area contributed by atoms with E-state index in [0.717, 1.165) is 41.8 Å². The molecule has 2 amide bonds. The van der Waals surface area contributed by atoms with Crippen molar-refractivity contribution in [1.29, 1.82) is 0 Å². The Morgan fingerprint density at radius 1 is 1.12 bits per heavy atom. The Kier molecular flexibility index (Phi) is 6.46. The molecule has 180 valence electrons. The summed E-state index contributed by atoms with van der Waals surface area (Å²) in [6.07, 6.45) is 2.60. The molecule has 7 nitrogen and oxygen atoms in total. The number of anilines is 1. The Balaban J connectivity index is 1.42. The molecule has 34 heavy (non-hydrogen) atoms. The maximum absolute atomic E-state index is 12.8. The molecule has 0 aromatic heterocycles. The smallest absolute Gasteiger partial charge is 0.407 e. The number of ether oxygens (including phenoxy) is 3. The van der Waals surface area contributed by atoms with Gasteiger partial charge in [-0.2, -0.15) is 0 Å². The molecule has 2 aromatic rings. The molecule has 5 rings (SSSR count). The molecule has 2 aromatic carbocycles. The van der Waals surface area contributed by atoms with Crippen LogP contribution < -0.4 is 15.0 Å². The van der Waals surface area contributed by atoms with Gasteiger partial charge in [0.15, 0.2) is 0 Å². The highest BCUT2D eigenvalue weighted by atomic mass is 16.6. The Labute approximate surface area is 200 Å². The lowest BCUT2D eigenvalue weighted by atomic mass is 9.80. The number of carbonyl (C=O) groups excluding carboxylic acids is 2. The number of rotatable bonds is 6. The normalized spacial score (nSPS) is 26.0. The largest absolute Gasteiger partial charge is 0.488 e. The van der Waals surface area contributed by atoms with Gasteiger partial charge in [0.05, 0.1) is 19.3 Å². The molecule has 1 saturated heterocycles.